The number of amides is 1. The van der Waals surface area contributed by atoms with Gasteiger partial charge in [0.15, 0.2) is 17.2 Å². The van der Waals surface area contributed by atoms with E-state index in [0.717, 1.165) is 0 Å². The minimum Gasteiger partial charge on any atom is -0.507 e. The minimum absolute atomic E-state index is 0.103. The fourth-order valence-electron chi connectivity index (χ4n) is 8.13. The van der Waals surface area contributed by atoms with Gasteiger partial charge in [-0.3, -0.25) is 14.4 Å². The maximum Gasteiger partial charge on any atom is 0.230 e. The molecule has 0 spiro atoms. The number of carbonyl (C=O) groups is 3. The number of aliphatic hydroxyl groups excluding tert-OH is 2. The summed E-state index contributed by atoms with van der Waals surface area (Å²) in [4.78, 5) is 39.9. The van der Waals surface area contributed by atoms with Crippen LogP contribution in [0.4, 0.5) is 0 Å². The number of aromatic hydroxyl groups is 1. The molecule has 0 saturated heterocycles. The van der Waals surface area contributed by atoms with Crippen LogP contribution in [-0.4, -0.2) is 55.7 Å². The number of Topliss-reactive ketones (excluding diaryl/α,β-unsaturated/α-hetero) is 2. The van der Waals surface area contributed by atoms with Crippen LogP contribution in [0, 0.1) is 34.5 Å². The Morgan fingerprint density at radius 3 is 2.22 bits per heavy atom. The van der Waals surface area contributed by atoms with Gasteiger partial charge in [0.05, 0.1) is 17.6 Å². The summed E-state index contributed by atoms with van der Waals surface area (Å²) in [5, 5.41) is 46.1. The molecule has 36 heavy (non-hydrogen) atoms. The SMILES string of the molecule is CC(C)[C@H]1C(O)C(C(N)=O)C(=O)[C@]2(O)C(O)C3C(=O)c4c(ccc(C(C)(C)C)c4O)C[C@]3(C)C[C@]12C. The molecule has 198 valence electrons. The first-order valence-electron chi connectivity index (χ1n) is 12.7. The Morgan fingerprint density at radius 1 is 1.14 bits per heavy atom. The summed E-state index contributed by atoms with van der Waals surface area (Å²) < 4.78 is 0. The molecule has 8 nitrogen and oxygen atoms in total. The smallest absolute Gasteiger partial charge is 0.230 e. The summed E-state index contributed by atoms with van der Waals surface area (Å²) in [6.45, 7) is 12.9. The number of phenolic OH excluding ortho intramolecular Hbond substituents is 1. The summed E-state index contributed by atoms with van der Waals surface area (Å²) in [7, 11) is 0. The van der Waals surface area contributed by atoms with E-state index in [1.165, 1.54) is 0 Å². The molecule has 0 aromatic heterocycles. The number of fused-ring (bicyclic) bond motifs is 3. The van der Waals surface area contributed by atoms with Crippen molar-refractivity contribution < 1.29 is 34.8 Å². The molecule has 8 heteroatoms. The molecule has 3 aliphatic carbocycles. The zero-order chi connectivity index (χ0) is 27.3. The average molecular weight is 502 g/mol. The number of ketones is 2. The fourth-order valence-corrected chi connectivity index (χ4v) is 8.13. The van der Waals surface area contributed by atoms with E-state index in [1.807, 2.05) is 53.7 Å². The lowest BCUT2D eigenvalue weighted by molar-refractivity contribution is -0.265. The van der Waals surface area contributed by atoms with E-state index < -0.39 is 69.3 Å². The quantitative estimate of drug-likeness (QED) is 0.387. The van der Waals surface area contributed by atoms with Crippen LogP contribution >= 0.6 is 0 Å². The van der Waals surface area contributed by atoms with E-state index in [-0.39, 0.29) is 23.7 Å². The topological polar surface area (TPSA) is 158 Å². The molecule has 0 heterocycles. The highest BCUT2D eigenvalue weighted by Crippen LogP contribution is 2.65. The summed E-state index contributed by atoms with van der Waals surface area (Å²) >= 11 is 0. The monoisotopic (exact) mass is 501 g/mol. The van der Waals surface area contributed by atoms with Gasteiger partial charge in [-0.05, 0) is 46.6 Å². The number of hydrogen-bond donors (Lipinski definition) is 5. The van der Waals surface area contributed by atoms with E-state index in [9.17, 15) is 34.8 Å². The van der Waals surface area contributed by atoms with Crippen LogP contribution in [0.25, 0.3) is 0 Å². The molecule has 0 radical (unpaired) electrons. The van der Waals surface area contributed by atoms with Crippen LogP contribution in [0.3, 0.4) is 0 Å². The number of nitrogens with two attached hydrogens (primary N) is 1. The van der Waals surface area contributed by atoms with E-state index in [1.54, 1.807) is 6.92 Å². The van der Waals surface area contributed by atoms with Crippen molar-refractivity contribution in [3.63, 3.8) is 0 Å². The predicted molar refractivity (Wildman–Crippen MR) is 132 cm³/mol. The molecule has 0 bridgehead atoms. The number of phenols is 1. The van der Waals surface area contributed by atoms with Crippen molar-refractivity contribution >= 4 is 17.5 Å². The van der Waals surface area contributed by atoms with Crippen molar-refractivity contribution in [3.05, 3.63) is 28.8 Å². The van der Waals surface area contributed by atoms with E-state index in [2.05, 4.69) is 0 Å². The van der Waals surface area contributed by atoms with Crippen molar-refractivity contribution in [1.82, 2.24) is 0 Å². The van der Waals surface area contributed by atoms with Crippen LogP contribution < -0.4 is 5.73 Å². The third-order valence-corrected chi connectivity index (χ3v) is 9.46. The van der Waals surface area contributed by atoms with E-state index in [4.69, 9.17) is 5.73 Å². The van der Waals surface area contributed by atoms with Gasteiger partial charge in [-0.15, -0.1) is 0 Å². The first-order chi connectivity index (χ1) is 16.3. The third-order valence-electron chi connectivity index (χ3n) is 9.46. The van der Waals surface area contributed by atoms with E-state index >= 15 is 0 Å². The number of primary amides is 1. The highest BCUT2D eigenvalue weighted by Gasteiger charge is 2.75. The summed E-state index contributed by atoms with van der Waals surface area (Å²) in [5.41, 5.74) is 1.65. The molecule has 1 amide bonds. The van der Waals surface area contributed by atoms with Crippen molar-refractivity contribution in [2.45, 2.75) is 84.5 Å². The normalized spacial score (nSPS) is 40.5. The molecule has 0 aliphatic heterocycles. The second-order valence-electron chi connectivity index (χ2n) is 13.2. The fraction of sp³-hybridized carbons (Fsp3) is 0.679. The van der Waals surface area contributed by atoms with Crippen LogP contribution in [0.2, 0.25) is 0 Å². The zero-order valence-corrected chi connectivity index (χ0v) is 22.1. The summed E-state index contributed by atoms with van der Waals surface area (Å²) in [6.07, 6.45) is -2.82. The Labute approximate surface area is 211 Å². The van der Waals surface area contributed by atoms with Crippen molar-refractivity contribution in [3.8, 4) is 5.75 Å². The van der Waals surface area contributed by atoms with Gasteiger partial charge in [-0.1, -0.05) is 60.6 Å². The van der Waals surface area contributed by atoms with Gasteiger partial charge in [-0.25, -0.2) is 0 Å². The highest BCUT2D eigenvalue weighted by atomic mass is 16.4. The van der Waals surface area contributed by atoms with Crippen molar-refractivity contribution in [2.75, 3.05) is 0 Å². The standard InChI is InChI=1S/C28H39NO7/c1-12(2)17-21(32)16(24(29)35)22(33)28(36)23(34)18-20(31)15-13(10-26(18,6)11-27(17,28)7)8-9-14(19(15)30)25(3,4)5/h8-9,12,16-18,21,23,30,32,34,36H,10-11H2,1-7H3,(H2,29,35)/t16?,17-,18?,21?,23?,26+,27+,28-/m0/s1. The van der Waals surface area contributed by atoms with Crippen molar-refractivity contribution in [1.29, 1.82) is 0 Å². The molecular formula is C28H39NO7. The van der Waals surface area contributed by atoms with Gasteiger partial charge in [0.25, 0.3) is 0 Å². The Balaban J connectivity index is 1.95. The number of carbonyl (C=O) groups excluding carboxylic acids is 3. The Bertz CT molecular complexity index is 1150. The van der Waals surface area contributed by atoms with E-state index in [0.29, 0.717) is 17.5 Å². The second-order valence-corrected chi connectivity index (χ2v) is 13.2. The molecule has 4 rings (SSSR count). The molecule has 2 fully saturated rings. The van der Waals surface area contributed by atoms with Crippen LogP contribution in [0.5, 0.6) is 5.75 Å². The molecule has 1 aromatic carbocycles. The molecule has 2 saturated carbocycles. The Kier molecular flexibility index (Phi) is 5.84. The van der Waals surface area contributed by atoms with Gasteiger partial charge in [0, 0.05) is 5.41 Å². The molecule has 4 unspecified atom stereocenters. The number of benzene rings is 1. The third kappa shape index (κ3) is 3.20. The lowest BCUT2D eigenvalue weighted by Crippen LogP contribution is -2.79. The zero-order valence-electron chi connectivity index (χ0n) is 22.1. The maximum atomic E-state index is 14.0. The van der Waals surface area contributed by atoms with Gasteiger partial charge < -0.3 is 26.2 Å². The highest BCUT2D eigenvalue weighted by molar-refractivity contribution is 6.09. The van der Waals surface area contributed by atoms with Gasteiger partial charge >= 0.3 is 0 Å². The number of hydrogen-bond acceptors (Lipinski definition) is 7. The van der Waals surface area contributed by atoms with Crippen molar-refractivity contribution in [2.24, 2.45) is 40.2 Å². The van der Waals surface area contributed by atoms with Gasteiger partial charge in [-0.2, -0.15) is 0 Å². The summed E-state index contributed by atoms with van der Waals surface area (Å²) in [6, 6.07) is 3.64. The largest absolute Gasteiger partial charge is 0.507 e. The number of rotatable bonds is 2. The maximum absolute atomic E-state index is 14.0. The van der Waals surface area contributed by atoms with Crippen LogP contribution in [0.15, 0.2) is 12.1 Å². The Hall–Kier alpha value is -2.29. The first-order valence-corrected chi connectivity index (χ1v) is 12.7. The molecule has 8 atom stereocenters. The van der Waals surface area contributed by atoms with Gasteiger partial charge in [0.1, 0.15) is 17.8 Å². The van der Waals surface area contributed by atoms with Crippen LogP contribution in [-0.2, 0) is 21.4 Å². The minimum atomic E-state index is -2.49. The first kappa shape index (κ1) is 26.8. The lowest BCUT2D eigenvalue weighted by atomic mass is 9.39. The molecule has 6 N–H and O–H groups in total. The van der Waals surface area contributed by atoms with Gasteiger partial charge in [0.2, 0.25) is 5.91 Å². The van der Waals surface area contributed by atoms with Crippen LogP contribution in [0.1, 0.15) is 76.4 Å². The lowest BCUT2D eigenvalue weighted by Gasteiger charge is -2.66. The Morgan fingerprint density at radius 2 is 1.72 bits per heavy atom. The molecular weight excluding hydrogens is 462 g/mol. The molecule has 3 aliphatic rings. The predicted octanol–water partition coefficient (Wildman–Crippen LogP) is 1.87. The number of aliphatic hydroxyl groups is 3. The average Bonchev–Trinajstić information content (AvgIpc) is 2.69. The summed E-state index contributed by atoms with van der Waals surface area (Å²) in [5.74, 6) is -6.76. The molecule has 1 aromatic rings. The second kappa shape index (κ2) is 7.85.